The lowest BCUT2D eigenvalue weighted by Crippen LogP contribution is -2.37. The van der Waals surface area contributed by atoms with Crippen molar-refractivity contribution in [1.29, 1.82) is 0 Å². The van der Waals surface area contributed by atoms with Crippen LogP contribution in [0.5, 0.6) is 5.88 Å². The van der Waals surface area contributed by atoms with Gasteiger partial charge in [-0.05, 0) is 18.9 Å². The van der Waals surface area contributed by atoms with Crippen molar-refractivity contribution in [3.05, 3.63) is 23.9 Å². The third kappa shape index (κ3) is 5.26. The van der Waals surface area contributed by atoms with E-state index in [0.717, 1.165) is 18.4 Å². The maximum absolute atomic E-state index is 11.7. The van der Waals surface area contributed by atoms with Crippen molar-refractivity contribution in [2.45, 2.75) is 39.3 Å². The first-order valence-electron chi connectivity index (χ1n) is 6.60. The minimum Gasteiger partial charge on any atom is -0.481 e. The van der Waals surface area contributed by atoms with Crippen molar-refractivity contribution in [2.24, 2.45) is 0 Å². The molecule has 0 fully saturated rings. The number of esters is 1. The van der Waals surface area contributed by atoms with Crippen LogP contribution in [0, 0.1) is 0 Å². The van der Waals surface area contributed by atoms with Crippen LogP contribution in [0.1, 0.15) is 32.3 Å². The quantitative estimate of drug-likeness (QED) is 0.728. The van der Waals surface area contributed by atoms with Crippen LogP contribution in [0.25, 0.3) is 0 Å². The fraction of sp³-hybridized carbons (Fsp3) is 0.571. The number of carbonyl (C=O) groups excluding carboxylic acids is 1. The van der Waals surface area contributed by atoms with E-state index in [1.165, 1.54) is 0 Å². The van der Waals surface area contributed by atoms with Crippen molar-refractivity contribution in [1.82, 2.24) is 10.3 Å². The molecule has 5 nitrogen and oxygen atoms in total. The van der Waals surface area contributed by atoms with Gasteiger partial charge in [0.25, 0.3) is 0 Å². The monoisotopic (exact) mass is 266 g/mol. The van der Waals surface area contributed by atoms with Gasteiger partial charge in [0.05, 0.1) is 13.7 Å². The summed E-state index contributed by atoms with van der Waals surface area (Å²) in [4.78, 5) is 15.9. The lowest BCUT2D eigenvalue weighted by molar-refractivity contribution is -0.145. The van der Waals surface area contributed by atoms with Gasteiger partial charge in [0, 0.05) is 18.8 Å². The summed E-state index contributed by atoms with van der Waals surface area (Å²) in [5.74, 6) is 0.394. The van der Waals surface area contributed by atoms with Crippen molar-refractivity contribution in [2.75, 3.05) is 13.7 Å². The Hall–Kier alpha value is -1.62. The van der Waals surface area contributed by atoms with Gasteiger partial charge in [0.15, 0.2) is 0 Å². The summed E-state index contributed by atoms with van der Waals surface area (Å²) in [5.41, 5.74) is 1.01. The van der Waals surface area contributed by atoms with E-state index in [4.69, 9.17) is 9.47 Å². The first-order valence-corrected chi connectivity index (χ1v) is 6.60. The molecule has 0 aromatic carbocycles. The summed E-state index contributed by atoms with van der Waals surface area (Å²) in [5, 5.41) is 3.20. The summed E-state index contributed by atoms with van der Waals surface area (Å²) in [7, 11) is 1.58. The van der Waals surface area contributed by atoms with Crippen LogP contribution in [-0.2, 0) is 16.1 Å². The molecule has 106 valence electrons. The highest BCUT2D eigenvalue weighted by Gasteiger charge is 2.17. The van der Waals surface area contributed by atoms with Crippen molar-refractivity contribution < 1.29 is 14.3 Å². The standard InChI is InChI=1S/C14H22N2O3/c1-4-6-12(14(17)19-5-2)15-9-11-7-8-13(18-3)16-10-11/h7-8,10,12,15H,4-6,9H2,1-3H3. The molecular formula is C14H22N2O3. The molecule has 0 amide bonds. The Morgan fingerprint density at radius 2 is 2.21 bits per heavy atom. The molecule has 0 saturated heterocycles. The van der Waals surface area contributed by atoms with Crippen LogP contribution < -0.4 is 10.1 Å². The van der Waals surface area contributed by atoms with Crippen molar-refractivity contribution in [3.63, 3.8) is 0 Å². The first kappa shape index (κ1) is 15.4. The van der Waals surface area contributed by atoms with E-state index in [9.17, 15) is 4.79 Å². The number of hydrogen-bond donors (Lipinski definition) is 1. The van der Waals surface area contributed by atoms with Gasteiger partial charge < -0.3 is 14.8 Å². The van der Waals surface area contributed by atoms with Crippen LogP contribution in [0.3, 0.4) is 0 Å². The second-order valence-corrected chi connectivity index (χ2v) is 4.18. The Morgan fingerprint density at radius 3 is 2.74 bits per heavy atom. The maximum atomic E-state index is 11.7. The van der Waals surface area contributed by atoms with Crippen LogP contribution in [-0.4, -0.2) is 30.7 Å². The maximum Gasteiger partial charge on any atom is 0.323 e. The van der Waals surface area contributed by atoms with Crippen molar-refractivity contribution in [3.8, 4) is 5.88 Å². The smallest absolute Gasteiger partial charge is 0.323 e. The molecule has 19 heavy (non-hydrogen) atoms. The number of nitrogens with zero attached hydrogens (tertiary/aromatic N) is 1. The number of carbonyl (C=O) groups is 1. The summed E-state index contributed by atoms with van der Waals surface area (Å²) in [6.45, 7) is 4.85. The molecule has 0 radical (unpaired) electrons. The van der Waals surface area contributed by atoms with Crippen LogP contribution in [0.2, 0.25) is 0 Å². The lowest BCUT2D eigenvalue weighted by Gasteiger charge is -2.16. The second kappa shape index (κ2) is 8.48. The Balaban J connectivity index is 2.52. The van der Waals surface area contributed by atoms with E-state index >= 15 is 0 Å². The Bertz CT molecular complexity index is 379. The van der Waals surface area contributed by atoms with Gasteiger partial charge in [0.2, 0.25) is 5.88 Å². The number of aromatic nitrogens is 1. The minimum atomic E-state index is -0.257. The van der Waals surface area contributed by atoms with E-state index in [2.05, 4.69) is 10.3 Å². The fourth-order valence-corrected chi connectivity index (χ4v) is 1.71. The highest BCUT2D eigenvalue weighted by Crippen LogP contribution is 2.07. The molecular weight excluding hydrogens is 244 g/mol. The van der Waals surface area contributed by atoms with Gasteiger partial charge >= 0.3 is 5.97 Å². The van der Waals surface area contributed by atoms with Crippen LogP contribution >= 0.6 is 0 Å². The molecule has 1 heterocycles. The Morgan fingerprint density at radius 1 is 1.42 bits per heavy atom. The van der Waals surface area contributed by atoms with Crippen LogP contribution in [0.15, 0.2) is 18.3 Å². The first-order chi connectivity index (χ1) is 9.21. The molecule has 0 aliphatic rings. The zero-order chi connectivity index (χ0) is 14.1. The highest BCUT2D eigenvalue weighted by molar-refractivity contribution is 5.75. The predicted octanol–water partition coefficient (Wildman–Crippen LogP) is 1.91. The number of pyridine rings is 1. The van der Waals surface area contributed by atoms with E-state index in [1.54, 1.807) is 19.4 Å². The Kier molecular flexibility index (Phi) is 6.89. The molecule has 1 rings (SSSR count). The molecule has 1 unspecified atom stereocenters. The van der Waals surface area contributed by atoms with Gasteiger partial charge in [-0.3, -0.25) is 4.79 Å². The summed E-state index contributed by atoms with van der Waals surface area (Å²) >= 11 is 0. The van der Waals surface area contributed by atoms with Crippen molar-refractivity contribution >= 4 is 5.97 Å². The summed E-state index contributed by atoms with van der Waals surface area (Å²) in [6.07, 6.45) is 3.43. The number of methoxy groups -OCH3 is 1. The van der Waals surface area contributed by atoms with Gasteiger partial charge in [-0.1, -0.05) is 19.4 Å². The summed E-state index contributed by atoms with van der Waals surface area (Å²) < 4.78 is 10.0. The zero-order valence-electron chi connectivity index (χ0n) is 11.8. The molecule has 1 aromatic heterocycles. The summed E-state index contributed by atoms with van der Waals surface area (Å²) in [6, 6.07) is 3.47. The second-order valence-electron chi connectivity index (χ2n) is 4.18. The molecule has 0 spiro atoms. The number of hydrogen-bond acceptors (Lipinski definition) is 5. The normalized spacial score (nSPS) is 11.9. The van der Waals surface area contributed by atoms with E-state index < -0.39 is 0 Å². The molecule has 1 aromatic rings. The molecule has 0 bridgehead atoms. The molecule has 0 aliphatic heterocycles. The average molecular weight is 266 g/mol. The molecule has 1 N–H and O–H groups in total. The largest absolute Gasteiger partial charge is 0.481 e. The number of ether oxygens (including phenoxy) is 2. The van der Waals surface area contributed by atoms with Gasteiger partial charge in [-0.2, -0.15) is 0 Å². The predicted molar refractivity (Wildman–Crippen MR) is 73.0 cm³/mol. The van der Waals surface area contributed by atoms with E-state index in [-0.39, 0.29) is 12.0 Å². The Labute approximate surface area is 114 Å². The van der Waals surface area contributed by atoms with E-state index in [0.29, 0.717) is 19.0 Å². The number of rotatable bonds is 8. The number of nitrogens with one attached hydrogen (secondary N) is 1. The molecule has 5 heteroatoms. The molecule has 0 saturated carbocycles. The highest BCUT2D eigenvalue weighted by atomic mass is 16.5. The van der Waals surface area contributed by atoms with E-state index in [1.807, 2.05) is 19.9 Å². The lowest BCUT2D eigenvalue weighted by atomic mass is 10.1. The topological polar surface area (TPSA) is 60.5 Å². The molecule has 0 aliphatic carbocycles. The molecule has 1 atom stereocenters. The minimum absolute atomic E-state index is 0.189. The van der Waals surface area contributed by atoms with Gasteiger partial charge in [0.1, 0.15) is 6.04 Å². The van der Waals surface area contributed by atoms with Gasteiger partial charge in [-0.15, -0.1) is 0 Å². The van der Waals surface area contributed by atoms with Crippen LogP contribution in [0.4, 0.5) is 0 Å². The SMILES string of the molecule is CCCC(NCc1ccc(OC)nc1)C(=O)OCC. The van der Waals surface area contributed by atoms with Gasteiger partial charge in [-0.25, -0.2) is 4.98 Å². The average Bonchev–Trinajstić information content (AvgIpc) is 2.44. The third-order valence-electron chi connectivity index (χ3n) is 2.71. The fourth-order valence-electron chi connectivity index (χ4n) is 1.71. The zero-order valence-corrected chi connectivity index (χ0v) is 11.8. The third-order valence-corrected chi connectivity index (χ3v) is 2.71.